The number of imidazole rings is 1. The van der Waals surface area contributed by atoms with E-state index >= 15 is 0 Å². The van der Waals surface area contributed by atoms with Gasteiger partial charge in [0.2, 0.25) is 11.7 Å². The summed E-state index contributed by atoms with van der Waals surface area (Å²) in [6.07, 6.45) is -1.20. The van der Waals surface area contributed by atoms with Crippen LogP contribution in [0.2, 0.25) is 0 Å². The van der Waals surface area contributed by atoms with Crippen molar-refractivity contribution in [1.29, 1.82) is 0 Å². The molecule has 1 aliphatic heterocycles. The van der Waals surface area contributed by atoms with E-state index in [4.69, 9.17) is 0 Å². The van der Waals surface area contributed by atoms with E-state index in [1.807, 2.05) is 6.92 Å². The number of nitrogens with one attached hydrogen (secondary N) is 1. The second kappa shape index (κ2) is 6.07. The van der Waals surface area contributed by atoms with Gasteiger partial charge in [0, 0.05) is 43.2 Å². The van der Waals surface area contributed by atoms with E-state index in [0.29, 0.717) is 23.4 Å². The number of fused-ring (bicyclic) bond motifs is 2. The molecule has 0 aliphatic carbocycles. The Balaban J connectivity index is 1.51. The molecule has 10 heteroatoms. The van der Waals surface area contributed by atoms with Crippen molar-refractivity contribution in [2.45, 2.75) is 32.5 Å². The molecule has 1 N–H and O–H groups in total. The van der Waals surface area contributed by atoms with E-state index in [-0.39, 0.29) is 18.9 Å². The lowest BCUT2D eigenvalue weighted by atomic mass is 9.95. The zero-order valence-electron chi connectivity index (χ0n) is 14.7. The van der Waals surface area contributed by atoms with Crippen LogP contribution in [0.3, 0.4) is 0 Å². The van der Waals surface area contributed by atoms with Crippen molar-refractivity contribution < 1.29 is 18.0 Å². The minimum absolute atomic E-state index is 0.112. The molecule has 0 bridgehead atoms. The van der Waals surface area contributed by atoms with E-state index in [1.165, 1.54) is 6.20 Å². The van der Waals surface area contributed by atoms with Crippen LogP contribution in [-0.4, -0.2) is 30.2 Å². The number of carbonyl (C=O) groups excluding carboxylic acids is 1. The van der Waals surface area contributed by atoms with E-state index < -0.39 is 17.9 Å². The Labute approximate surface area is 152 Å². The molecule has 1 aliphatic rings. The average molecular weight is 378 g/mol. The normalized spacial score (nSPS) is 17.1. The minimum Gasteiger partial charge on any atom is -0.324 e. The monoisotopic (exact) mass is 378 g/mol. The van der Waals surface area contributed by atoms with Crippen molar-refractivity contribution >= 4 is 22.6 Å². The number of aryl methyl sites for hydroxylation is 2. The van der Waals surface area contributed by atoms with Crippen molar-refractivity contribution in [3.63, 3.8) is 0 Å². The molecule has 7 nitrogen and oxygen atoms in total. The van der Waals surface area contributed by atoms with Crippen LogP contribution in [0.5, 0.6) is 0 Å². The van der Waals surface area contributed by atoms with E-state index in [2.05, 4.69) is 20.4 Å². The standard InChI is InChI=1S/C17H17F3N6O/c1-9-13-6-11(7-21-14(13)25(2)24-9)23-15(27)10-3-4-26-12(5-10)8-22-16(26)17(18,19)20/h6-8,10H,3-5H2,1-2H3,(H,23,27)/t10-/m0/s1. The molecule has 142 valence electrons. The Morgan fingerprint density at radius 2 is 2.07 bits per heavy atom. The van der Waals surface area contributed by atoms with E-state index in [9.17, 15) is 18.0 Å². The zero-order valence-corrected chi connectivity index (χ0v) is 14.7. The number of hydrogen-bond donors (Lipinski definition) is 1. The quantitative estimate of drug-likeness (QED) is 0.744. The molecule has 0 spiro atoms. The summed E-state index contributed by atoms with van der Waals surface area (Å²) in [5.41, 5.74) is 2.48. The summed E-state index contributed by atoms with van der Waals surface area (Å²) in [7, 11) is 1.79. The number of amides is 1. The first kappa shape index (κ1) is 17.5. The van der Waals surface area contributed by atoms with E-state index in [1.54, 1.807) is 24.0 Å². The highest BCUT2D eigenvalue weighted by Crippen LogP contribution is 2.32. The van der Waals surface area contributed by atoms with Crippen molar-refractivity contribution in [2.75, 3.05) is 5.32 Å². The summed E-state index contributed by atoms with van der Waals surface area (Å²) in [6, 6.07) is 1.80. The Hall–Kier alpha value is -2.91. The Kier molecular flexibility index (Phi) is 3.93. The van der Waals surface area contributed by atoms with Crippen molar-refractivity contribution in [1.82, 2.24) is 24.3 Å². The van der Waals surface area contributed by atoms with Gasteiger partial charge in [0.25, 0.3) is 0 Å². The van der Waals surface area contributed by atoms with Crippen LogP contribution in [0, 0.1) is 12.8 Å². The molecule has 0 fully saturated rings. The first-order valence-corrected chi connectivity index (χ1v) is 8.46. The van der Waals surface area contributed by atoms with Crippen LogP contribution in [0.15, 0.2) is 18.5 Å². The molecule has 1 atom stereocenters. The highest BCUT2D eigenvalue weighted by atomic mass is 19.4. The number of nitrogens with zero attached hydrogens (tertiary/aromatic N) is 5. The Bertz CT molecular complexity index is 1040. The molecule has 0 unspecified atom stereocenters. The third kappa shape index (κ3) is 3.04. The number of anilines is 1. The van der Waals surface area contributed by atoms with Gasteiger partial charge in [0.1, 0.15) is 0 Å². The van der Waals surface area contributed by atoms with Gasteiger partial charge in [-0.3, -0.25) is 9.48 Å². The number of alkyl halides is 3. The average Bonchev–Trinajstić information content (AvgIpc) is 3.15. The van der Waals surface area contributed by atoms with Gasteiger partial charge in [-0.15, -0.1) is 0 Å². The second-order valence-corrected chi connectivity index (χ2v) is 6.71. The van der Waals surface area contributed by atoms with Crippen LogP contribution in [-0.2, 0) is 31.0 Å². The first-order chi connectivity index (χ1) is 12.7. The fourth-order valence-corrected chi connectivity index (χ4v) is 3.53. The molecule has 3 aromatic rings. The predicted octanol–water partition coefficient (Wildman–Crippen LogP) is 2.69. The summed E-state index contributed by atoms with van der Waals surface area (Å²) >= 11 is 0. The maximum atomic E-state index is 12.9. The van der Waals surface area contributed by atoms with Gasteiger partial charge in [0.05, 0.1) is 17.6 Å². The molecule has 1 amide bonds. The molecule has 0 saturated heterocycles. The number of aromatic nitrogens is 5. The van der Waals surface area contributed by atoms with Crippen LogP contribution in [0.4, 0.5) is 18.9 Å². The molecule has 4 rings (SSSR count). The maximum Gasteiger partial charge on any atom is 0.449 e. The molecule has 27 heavy (non-hydrogen) atoms. The predicted molar refractivity (Wildman–Crippen MR) is 90.9 cm³/mol. The maximum absolute atomic E-state index is 12.9. The molecule has 0 saturated carbocycles. The van der Waals surface area contributed by atoms with Crippen molar-refractivity contribution in [3.05, 3.63) is 35.7 Å². The van der Waals surface area contributed by atoms with Crippen LogP contribution in [0.1, 0.15) is 23.6 Å². The topological polar surface area (TPSA) is 77.6 Å². The Morgan fingerprint density at radius 3 is 2.81 bits per heavy atom. The van der Waals surface area contributed by atoms with Gasteiger partial charge >= 0.3 is 6.18 Å². The lowest BCUT2D eigenvalue weighted by Gasteiger charge is -2.24. The Morgan fingerprint density at radius 1 is 1.30 bits per heavy atom. The smallest absolute Gasteiger partial charge is 0.324 e. The van der Waals surface area contributed by atoms with Gasteiger partial charge in [-0.2, -0.15) is 18.3 Å². The summed E-state index contributed by atoms with van der Waals surface area (Å²) in [4.78, 5) is 20.4. The van der Waals surface area contributed by atoms with Gasteiger partial charge in [-0.05, 0) is 19.4 Å². The molecule has 3 aromatic heterocycles. The molecule has 0 radical (unpaired) electrons. The van der Waals surface area contributed by atoms with Crippen molar-refractivity contribution in [3.8, 4) is 0 Å². The van der Waals surface area contributed by atoms with Crippen molar-refractivity contribution in [2.24, 2.45) is 13.0 Å². The molecular formula is C17H17F3N6O. The number of carbonyl (C=O) groups is 1. The largest absolute Gasteiger partial charge is 0.449 e. The zero-order chi connectivity index (χ0) is 19.3. The number of halogens is 3. The summed E-state index contributed by atoms with van der Waals surface area (Å²) in [6.45, 7) is 1.97. The fraction of sp³-hybridized carbons (Fsp3) is 0.412. The highest BCUT2D eigenvalue weighted by molar-refractivity contribution is 5.94. The lowest BCUT2D eigenvalue weighted by molar-refractivity contribution is -0.147. The van der Waals surface area contributed by atoms with E-state index in [0.717, 1.165) is 15.6 Å². The SMILES string of the molecule is Cc1nn(C)c2ncc(NC(=O)[C@H]3CCn4c(cnc4C(F)(F)F)C3)cc12. The minimum atomic E-state index is -4.49. The summed E-state index contributed by atoms with van der Waals surface area (Å²) in [5.74, 6) is -1.56. The van der Waals surface area contributed by atoms with Gasteiger partial charge < -0.3 is 9.88 Å². The highest BCUT2D eigenvalue weighted by Gasteiger charge is 2.39. The molecule has 0 aromatic carbocycles. The lowest BCUT2D eigenvalue weighted by Crippen LogP contribution is -2.31. The third-order valence-electron chi connectivity index (χ3n) is 4.85. The number of pyridine rings is 1. The number of hydrogen-bond acceptors (Lipinski definition) is 4. The first-order valence-electron chi connectivity index (χ1n) is 8.46. The molecular weight excluding hydrogens is 361 g/mol. The van der Waals surface area contributed by atoms with Gasteiger partial charge in [0.15, 0.2) is 5.65 Å². The van der Waals surface area contributed by atoms with Crippen LogP contribution in [0.25, 0.3) is 11.0 Å². The van der Waals surface area contributed by atoms with Gasteiger partial charge in [-0.25, -0.2) is 9.97 Å². The summed E-state index contributed by atoms with van der Waals surface area (Å²) < 4.78 is 41.6. The summed E-state index contributed by atoms with van der Waals surface area (Å²) in [5, 5.41) is 7.94. The van der Waals surface area contributed by atoms with Crippen LogP contribution >= 0.6 is 0 Å². The molecule has 4 heterocycles. The van der Waals surface area contributed by atoms with Gasteiger partial charge in [-0.1, -0.05) is 0 Å². The fourth-order valence-electron chi connectivity index (χ4n) is 3.53. The third-order valence-corrected chi connectivity index (χ3v) is 4.85. The number of rotatable bonds is 2. The second-order valence-electron chi connectivity index (χ2n) is 6.71. The van der Waals surface area contributed by atoms with Crippen LogP contribution < -0.4 is 5.32 Å².